The number of benzene rings is 2. The van der Waals surface area contributed by atoms with Crippen molar-refractivity contribution in [3.63, 3.8) is 0 Å². The maximum Gasteiger partial charge on any atom is 0.184 e. The van der Waals surface area contributed by atoms with Crippen LogP contribution in [0.2, 0.25) is 10.0 Å². The molecule has 2 nitrogen and oxygen atoms in total. The van der Waals surface area contributed by atoms with Gasteiger partial charge in [-0.1, -0.05) is 29.3 Å². The van der Waals surface area contributed by atoms with Gasteiger partial charge in [0.25, 0.3) is 0 Å². The van der Waals surface area contributed by atoms with Gasteiger partial charge in [-0.15, -0.1) is 0 Å². The van der Waals surface area contributed by atoms with E-state index in [1.165, 1.54) is 18.2 Å². The number of anilines is 1. The van der Waals surface area contributed by atoms with Crippen molar-refractivity contribution in [1.29, 1.82) is 0 Å². The quantitative estimate of drug-likeness (QED) is 0.816. The normalized spacial score (nSPS) is 10.3. The first kappa shape index (κ1) is 12.0. The number of hydrogen-bond acceptors (Lipinski definition) is 2. The molecule has 0 aromatic heterocycles. The van der Waals surface area contributed by atoms with Crippen molar-refractivity contribution in [1.82, 2.24) is 0 Å². The maximum atomic E-state index is 13.6. The largest absolute Gasteiger partial charge is 0.452 e. The Morgan fingerprint density at radius 2 is 1.82 bits per heavy atom. The van der Waals surface area contributed by atoms with Crippen molar-refractivity contribution in [2.45, 2.75) is 0 Å². The van der Waals surface area contributed by atoms with Gasteiger partial charge in [-0.3, -0.25) is 0 Å². The van der Waals surface area contributed by atoms with Crippen LogP contribution in [0.1, 0.15) is 0 Å². The van der Waals surface area contributed by atoms with Gasteiger partial charge in [-0.25, -0.2) is 4.39 Å². The van der Waals surface area contributed by atoms with Crippen molar-refractivity contribution < 1.29 is 9.13 Å². The number of rotatable bonds is 2. The Balaban J connectivity index is 2.38. The highest BCUT2D eigenvalue weighted by Crippen LogP contribution is 2.33. The zero-order chi connectivity index (χ0) is 12.4. The Hall–Kier alpha value is -1.45. The van der Waals surface area contributed by atoms with Gasteiger partial charge in [0.2, 0.25) is 0 Å². The van der Waals surface area contributed by atoms with Gasteiger partial charge in [-0.05, 0) is 24.3 Å². The van der Waals surface area contributed by atoms with Gasteiger partial charge in [0, 0.05) is 11.1 Å². The van der Waals surface area contributed by atoms with E-state index >= 15 is 0 Å². The second kappa shape index (κ2) is 4.82. The molecule has 2 N–H and O–H groups in total. The monoisotopic (exact) mass is 271 g/mol. The molecule has 0 saturated carbocycles. The van der Waals surface area contributed by atoms with Crippen LogP contribution in [0.15, 0.2) is 36.4 Å². The first-order chi connectivity index (χ1) is 8.08. The highest BCUT2D eigenvalue weighted by atomic mass is 35.5. The van der Waals surface area contributed by atoms with Gasteiger partial charge in [0.15, 0.2) is 17.3 Å². The third kappa shape index (κ3) is 2.62. The van der Waals surface area contributed by atoms with Crippen molar-refractivity contribution >= 4 is 28.9 Å². The molecule has 0 saturated heterocycles. The Morgan fingerprint density at radius 3 is 2.59 bits per heavy atom. The average molecular weight is 272 g/mol. The van der Waals surface area contributed by atoms with E-state index in [1.807, 2.05) is 0 Å². The molecule has 17 heavy (non-hydrogen) atoms. The van der Waals surface area contributed by atoms with Gasteiger partial charge < -0.3 is 10.5 Å². The van der Waals surface area contributed by atoms with E-state index < -0.39 is 5.82 Å². The lowest BCUT2D eigenvalue weighted by atomic mass is 10.3. The van der Waals surface area contributed by atoms with Crippen LogP contribution < -0.4 is 10.5 Å². The molecule has 0 aliphatic rings. The fourth-order valence-corrected chi connectivity index (χ4v) is 1.61. The lowest BCUT2D eigenvalue weighted by Gasteiger charge is -2.09. The number of ether oxygens (including phenoxy) is 1. The summed E-state index contributed by atoms with van der Waals surface area (Å²) in [6, 6.07) is 9.20. The zero-order valence-corrected chi connectivity index (χ0v) is 10.1. The van der Waals surface area contributed by atoms with Crippen molar-refractivity contribution in [2.24, 2.45) is 0 Å². The van der Waals surface area contributed by atoms with Crippen LogP contribution in [0.25, 0.3) is 0 Å². The van der Waals surface area contributed by atoms with E-state index in [0.717, 1.165) is 0 Å². The van der Waals surface area contributed by atoms with E-state index in [2.05, 4.69) is 0 Å². The number of hydrogen-bond donors (Lipinski definition) is 1. The average Bonchev–Trinajstić information content (AvgIpc) is 2.30. The molecule has 2 aromatic rings. The van der Waals surface area contributed by atoms with Crippen LogP contribution in [0.3, 0.4) is 0 Å². The molecule has 2 aromatic carbocycles. The molecule has 0 aliphatic carbocycles. The summed E-state index contributed by atoms with van der Waals surface area (Å²) in [6.45, 7) is 0. The van der Waals surface area contributed by atoms with Crippen LogP contribution in [-0.4, -0.2) is 0 Å². The third-order valence-corrected chi connectivity index (χ3v) is 2.64. The molecule has 0 atom stereocenters. The first-order valence-corrected chi connectivity index (χ1v) is 5.50. The smallest absolute Gasteiger partial charge is 0.184 e. The standard InChI is InChI=1S/C12H8Cl2FNO/c13-7-4-5-9(16)11(6-7)17-10-3-1-2-8(14)12(10)15/h1-6H,16H2. The van der Waals surface area contributed by atoms with Gasteiger partial charge in [0.1, 0.15) is 0 Å². The minimum Gasteiger partial charge on any atom is -0.452 e. The summed E-state index contributed by atoms with van der Waals surface area (Å²) in [4.78, 5) is 0. The summed E-state index contributed by atoms with van der Waals surface area (Å²) in [5.41, 5.74) is 6.06. The molecular weight excluding hydrogens is 264 g/mol. The van der Waals surface area contributed by atoms with E-state index in [4.69, 9.17) is 33.7 Å². The summed E-state index contributed by atoms with van der Waals surface area (Å²) in [6.07, 6.45) is 0. The molecule has 0 radical (unpaired) electrons. The topological polar surface area (TPSA) is 35.2 Å². The minimum atomic E-state index is -0.631. The predicted octanol–water partition coefficient (Wildman–Crippen LogP) is 4.51. The van der Waals surface area contributed by atoms with Gasteiger partial charge in [0.05, 0.1) is 10.7 Å². The fourth-order valence-electron chi connectivity index (χ4n) is 1.28. The van der Waals surface area contributed by atoms with E-state index in [9.17, 15) is 4.39 Å². The fraction of sp³-hybridized carbons (Fsp3) is 0. The molecule has 88 valence electrons. The summed E-state index contributed by atoms with van der Waals surface area (Å²) in [5, 5.41) is 0.444. The zero-order valence-electron chi connectivity index (χ0n) is 8.58. The molecule has 2 rings (SSSR count). The van der Waals surface area contributed by atoms with E-state index in [1.54, 1.807) is 18.2 Å². The molecule has 0 heterocycles. The third-order valence-electron chi connectivity index (χ3n) is 2.11. The maximum absolute atomic E-state index is 13.6. The molecular formula is C12H8Cl2FNO. The van der Waals surface area contributed by atoms with Gasteiger partial charge in [-0.2, -0.15) is 0 Å². The van der Waals surface area contributed by atoms with Crippen LogP contribution in [0, 0.1) is 5.82 Å². The molecule has 0 unspecified atom stereocenters. The summed E-state index contributed by atoms with van der Waals surface area (Å²) in [5.74, 6) is -0.335. The molecule has 0 spiro atoms. The van der Waals surface area contributed by atoms with Crippen LogP contribution in [-0.2, 0) is 0 Å². The van der Waals surface area contributed by atoms with Crippen molar-refractivity contribution in [2.75, 3.05) is 5.73 Å². The summed E-state index contributed by atoms with van der Waals surface area (Å²) in [7, 11) is 0. The van der Waals surface area contributed by atoms with Crippen LogP contribution in [0.4, 0.5) is 10.1 Å². The lowest BCUT2D eigenvalue weighted by molar-refractivity contribution is 0.444. The second-order valence-electron chi connectivity index (χ2n) is 3.34. The van der Waals surface area contributed by atoms with Crippen molar-refractivity contribution in [3.8, 4) is 11.5 Å². The SMILES string of the molecule is Nc1ccc(Cl)cc1Oc1cccc(Cl)c1F. The van der Waals surface area contributed by atoms with E-state index in [0.29, 0.717) is 16.5 Å². The molecule has 0 fully saturated rings. The molecule has 0 aliphatic heterocycles. The molecule has 0 bridgehead atoms. The van der Waals surface area contributed by atoms with Crippen LogP contribution >= 0.6 is 23.2 Å². The van der Waals surface area contributed by atoms with Crippen molar-refractivity contribution in [3.05, 3.63) is 52.3 Å². The molecule has 5 heteroatoms. The lowest BCUT2D eigenvalue weighted by Crippen LogP contribution is -1.94. The first-order valence-electron chi connectivity index (χ1n) is 4.75. The molecule has 0 amide bonds. The number of halogens is 3. The Bertz CT molecular complexity index is 560. The Morgan fingerprint density at radius 1 is 1.06 bits per heavy atom. The minimum absolute atomic E-state index is 0.00599. The number of nitrogens with two attached hydrogens (primary N) is 1. The Labute approximate surface area is 108 Å². The highest BCUT2D eigenvalue weighted by Gasteiger charge is 2.10. The van der Waals surface area contributed by atoms with Gasteiger partial charge >= 0.3 is 0 Å². The Kier molecular flexibility index (Phi) is 3.41. The number of nitrogen functional groups attached to an aromatic ring is 1. The van der Waals surface area contributed by atoms with Crippen LogP contribution in [0.5, 0.6) is 11.5 Å². The summed E-state index contributed by atoms with van der Waals surface area (Å²) >= 11 is 11.4. The summed E-state index contributed by atoms with van der Waals surface area (Å²) < 4.78 is 18.9. The second-order valence-corrected chi connectivity index (χ2v) is 4.18. The predicted molar refractivity (Wildman–Crippen MR) is 67.3 cm³/mol. The van der Waals surface area contributed by atoms with E-state index in [-0.39, 0.29) is 10.8 Å². The highest BCUT2D eigenvalue weighted by molar-refractivity contribution is 6.31.